The van der Waals surface area contributed by atoms with Crippen LogP contribution in [0.2, 0.25) is 0 Å². The first kappa shape index (κ1) is 8.97. The summed E-state index contributed by atoms with van der Waals surface area (Å²) in [6.07, 6.45) is 3.04. The summed E-state index contributed by atoms with van der Waals surface area (Å²) in [6.45, 7) is 4.62. The lowest BCUT2D eigenvalue weighted by Crippen LogP contribution is -2.36. The van der Waals surface area contributed by atoms with Crippen molar-refractivity contribution in [1.82, 2.24) is 4.98 Å². The third-order valence-corrected chi connectivity index (χ3v) is 3.01. The van der Waals surface area contributed by atoms with Crippen LogP contribution >= 0.6 is 0 Å². The molecule has 4 nitrogen and oxygen atoms in total. The molecule has 3 rings (SSSR count). The summed E-state index contributed by atoms with van der Waals surface area (Å²) < 4.78 is 5.34. The lowest BCUT2D eigenvalue weighted by Gasteiger charge is -2.28. The molecule has 80 valence electrons. The van der Waals surface area contributed by atoms with Crippen LogP contribution in [-0.2, 0) is 11.2 Å². The highest BCUT2D eigenvalue weighted by molar-refractivity contribution is 5.61. The molecule has 4 heteroatoms. The monoisotopic (exact) mass is 205 g/mol. The van der Waals surface area contributed by atoms with Crippen molar-refractivity contribution in [2.45, 2.75) is 6.42 Å². The lowest BCUT2D eigenvalue weighted by atomic mass is 10.2. The van der Waals surface area contributed by atoms with Crippen LogP contribution in [0.5, 0.6) is 0 Å². The molecule has 0 spiro atoms. The number of fused-ring (bicyclic) bond motifs is 1. The predicted octanol–water partition coefficient (Wildman–Crippen LogP) is 0.886. The Morgan fingerprint density at radius 2 is 2.20 bits per heavy atom. The maximum Gasteiger partial charge on any atom is 0.0653 e. The van der Waals surface area contributed by atoms with Crippen molar-refractivity contribution >= 4 is 11.4 Å². The van der Waals surface area contributed by atoms with E-state index in [0.717, 1.165) is 39.3 Å². The Balaban J connectivity index is 1.85. The quantitative estimate of drug-likeness (QED) is 0.738. The van der Waals surface area contributed by atoms with Gasteiger partial charge in [-0.05, 0) is 6.07 Å². The van der Waals surface area contributed by atoms with Gasteiger partial charge in [-0.1, -0.05) is 0 Å². The fraction of sp³-hybridized carbons (Fsp3) is 0.545. The number of pyridine rings is 1. The second-order valence-electron chi connectivity index (χ2n) is 3.96. The van der Waals surface area contributed by atoms with E-state index in [-0.39, 0.29) is 0 Å². The molecule has 0 aromatic carbocycles. The highest BCUT2D eigenvalue weighted by Gasteiger charge is 2.16. The summed E-state index contributed by atoms with van der Waals surface area (Å²) in [7, 11) is 0. The van der Waals surface area contributed by atoms with Crippen LogP contribution in [-0.4, -0.2) is 37.8 Å². The van der Waals surface area contributed by atoms with Gasteiger partial charge < -0.3 is 15.0 Å². The van der Waals surface area contributed by atoms with Gasteiger partial charge >= 0.3 is 0 Å². The van der Waals surface area contributed by atoms with Crippen molar-refractivity contribution in [1.29, 1.82) is 0 Å². The fourth-order valence-electron chi connectivity index (χ4n) is 2.14. The van der Waals surface area contributed by atoms with E-state index in [4.69, 9.17) is 4.74 Å². The van der Waals surface area contributed by atoms with E-state index in [2.05, 4.69) is 21.3 Å². The van der Waals surface area contributed by atoms with E-state index in [1.165, 1.54) is 17.1 Å². The van der Waals surface area contributed by atoms with Gasteiger partial charge in [0.2, 0.25) is 0 Å². The van der Waals surface area contributed by atoms with E-state index >= 15 is 0 Å². The van der Waals surface area contributed by atoms with Gasteiger partial charge in [0.15, 0.2) is 0 Å². The van der Waals surface area contributed by atoms with Gasteiger partial charge in [-0.15, -0.1) is 0 Å². The minimum Gasteiger partial charge on any atom is -0.383 e. The molecule has 1 N–H and O–H groups in total. The van der Waals surface area contributed by atoms with Crippen molar-refractivity contribution in [3.63, 3.8) is 0 Å². The van der Waals surface area contributed by atoms with Gasteiger partial charge in [-0.3, -0.25) is 4.98 Å². The standard InChI is InChI=1S/C11H15N3O/c1-2-12-11-7-9(8-13-10(1)11)14-3-5-15-6-4-14/h7-8,12H,1-6H2. The molecule has 0 radical (unpaired) electrons. The Hall–Kier alpha value is -1.29. The van der Waals surface area contributed by atoms with Crippen molar-refractivity contribution in [2.24, 2.45) is 0 Å². The first-order chi connectivity index (χ1) is 7.43. The first-order valence-corrected chi connectivity index (χ1v) is 5.49. The van der Waals surface area contributed by atoms with Crippen molar-refractivity contribution < 1.29 is 4.74 Å². The molecule has 0 unspecified atom stereocenters. The Kier molecular flexibility index (Phi) is 2.21. The molecule has 0 atom stereocenters. The lowest BCUT2D eigenvalue weighted by molar-refractivity contribution is 0.122. The van der Waals surface area contributed by atoms with Gasteiger partial charge in [0.25, 0.3) is 0 Å². The number of ether oxygens (including phenoxy) is 1. The maximum absolute atomic E-state index is 5.34. The van der Waals surface area contributed by atoms with Gasteiger partial charge in [0.05, 0.1) is 36.5 Å². The smallest absolute Gasteiger partial charge is 0.0653 e. The van der Waals surface area contributed by atoms with Gasteiger partial charge in [-0.25, -0.2) is 0 Å². The second kappa shape index (κ2) is 3.70. The number of hydrogen-bond acceptors (Lipinski definition) is 4. The number of nitrogens with zero attached hydrogens (tertiary/aromatic N) is 2. The van der Waals surface area contributed by atoms with Crippen LogP contribution in [0.15, 0.2) is 12.3 Å². The third-order valence-electron chi connectivity index (χ3n) is 3.01. The number of nitrogens with one attached hydrogen (secondary N) is 1. The molecule has 0 bridgehead atoms. The molecule has 1 aromatic heterocycles. The normalized spacial score (nSPS) is 19.9. The zero-order valence-corrected chi connectivity index (χ0v) is 8.70. The van der Waals surface area contributed by atoms with Crippen LogP contribution in [0.25, 0.3) is 0 Å². The largest absolute Gasteiger partial charge is 0.383 e. The zero-order valence-electron chi connectivity index (χ0n) is 8.70. The minimum absolute atomic E-state index is 0.824. The first-order valence-electron chi connectivity index (χ1n) is 5.49. The summed E-state index contributed by atoms with van der Waals surface area (Å²) >= 11 is 0. The SMILES string of the molecule is c1nc2c(cc1N1CCOCC1)NCC2. The second-order valence-corrected chi connectivity index (χ2v) is 3.96. The highest BCUT2D eigenvalue weighted by atomic mass is 16.5. The van der Waals surface area contributed by atoms with Crippen LogP contribution in [0.1, 0.15) is 5.69 Å². The van der Waals surface area contributed by atoms with Crippen molar-refractivity contribution in [2.75, 3.05) is 43.1 Å². The van der Waals surface area contributed by atoms with E-state index in [1.54, 1.807) is 0 Å². The molecule has 1 aromatic rings. The number of aromatic nitrogens is 1. The molecule has 3 heterocycles. The molecule has 0 aliphatic carbocycles. The highest BCUT2D eigenvalue weighted by Crippen LogP contribution is 2.25. The molecule has 2 aliphatic heterocycles. The van der Waals surface area contributed by atoms with E-state index < -0.39 is 0 Å². The number of rotatable bonds is 1. The fourth-order valence-corrected chi connectivity index (χ4v) is 2.14. The minimum atomic E-state index is 0.824. The predicted molar refractivity (Wildman–Crippen MR) is 59.5 cm³/mol. The Labute approximate surface area is 89.3 Å². The topological polar surface area (TPSA) is 37.4 Å². The van der Waals surface area contributed by atoms with Crippen LogP contribution in [0.3, 0.4) is 0 Å². The van der Waals surface area contributed by atoms with E-state index in [1.807, 2.05) is 6.20 Å². The summed E-state index contributed by atoms with van der Waals surface area (Å²) in [5.41, 5.74) is 3.62. The molecule has 1 fully saturated rings. The molecule has 0 amide bonds. The summed E-state index contributed by atoms with van der Waals surface area (Å²) in [5.74, 6) is 0. The van der Waals surface area contributed by atoms with Crippen LogP contribution < -0.4 is 10.2 Å². The Morgan fingerprint density at radius 3 is 3.07 bits per heavy atom. The third kappa shape index (κ3) is 1.65. The summed E-state index contributed by atoms with van der Waals surface area (Å²) in [6, 6.07) is 2.21. The molecule has 15 heavy (non-hydrogen) atoms. The Morgan fingerprint density at radius 1 is 1.33 bits per heavy atom. The van der Waals surface area contributed by atoms with E-state index in [9.17, 15) is 0 Å². The van der Waals surface area contributed by atoms with Crippen LogP contribution in [0.4, 0.5) is 11.4 Å². The van der Waals surface area contributed by atoms with Gasteiger partial charge in [-0.2, -0.15) is 0 Å². The maximum atomic E-state index is 5.34. The average molecular weight is 205 g/mol. The van der Waals surface area contributed by atoms with E-state index in [0.29, 0.717) is 0 Å². The zero-order chi connectivity index (χ0) is 10.1. The molecule has 1 saturated heterocycles. The molecule has 0 saturated carbocycles. The summed E-state index contributed by atoms with van der Waals surface area (Å²) in [5, 5.41) is 3.36. The Bertz CT molecular complexity index is 361. The average Bonchev–Trinajstić information content (AvgIpc) is 2.77. The summed E-state index contributed by atoms with van der Waals surface area (Å²) in [4.78, 5) is 6.82. The number of morpholine rings is 1. The molecule has 2 aliphatic rings. The molecular formula is C11H15N3O. The van der Waals surface area contributed by atoms with Crippen LogP contribution in [0, 0.1) is 0 Å². The number of hydrogen-bond donors (Lipinski definition) is 1. The van der Waals surface area contributed by atoms with Gasteiger partial charge in [0.1, 0.15) is 0 Å². The van der Waals surface area contributed by atoms with Gasteiger partial charge in [0, 0.05) is 26.1 Å². The van der Waals surface area contributed by atoms with Crippen molar-refractivity contribution in [3.05, 3.63) is 18.0 Å². The van der Waals surface area contributed by atoms with Crippen molar-refractivity contribution in [3.8, 4) is 0 Å². The number of anilines is 2. The molecular weight excluding hydrogens is 190 g/mol.